The zero-order chi connectivity index (χ0) is 16.1. The molecule has 0 radical (unpaired) electrons. The lowest BCUT2D eigenvalue weighted by molar-refractivity contribution is -0.131. The van der Waals surface area contributed by atoms with Crippen molar-refractivity contribution >= 4 is 34.6 Å². The molecule has 0 saturated carbocycles. The van der Waals surface area contributed by atoms with Crippen LogP contribution in [-0.4, -0.2) is 23.6 Å². The third-order valence-electron chi connectivity index (χ3n) is 3.67. The van der Waals surface area contributed by atoms with E-state index >= 15 is 0 Å². The fourth-order valence-corrected chi connectivity index (χ4v) is 3.17. The molecule has 1 unspecified atom stereocenters. The van der Waals surface area contributed by atoms with Crippen molar-refractivity contribution in [1.29, 1.82) is 0 Å². The maximum absolute atomic E-state index is 12.2. The van der Waals surface area contributed by atoms with Gasteiger partial charge in [0.25, 0.3) is 0 Å². The fraction of sp³-hybridized carbons (Fsp3) is 0.294. The quantitative estimate of drug-likeness (QED) is 0.724. The summed E-state index contributed by atoms with van der Waals surface area (Å²) < 4.78 is 0.587. The van der Waals surface area contributed by atoms with E-state index in [1.807, 2.05) is 37.3 Å². The van der Waals surface area contributed by atoms with E-state index in [0.717, 1.165) is 5.56 Å². The molecule has 0 spiro atoms. The predicted octanol–water partition coefficient (Wildman–Crippen LogP) is 4.58. The van der Waals surface area contributed by atoms with Crippen LogP contribution in [0.3, 0.4) is 0 Å². The number of benzene rings is 1. The lowest BCUT2D eigenvalue weighted by Crippen LogP contribution is -2.29. The summed E-state index contributed by atoms with van der Waals surface area (Å²) in [6, 6.07) is 13.2. The van der Waals surface area contributed by atoms with Gasteiger partial charge >= 0.3 is 0 Å². The van der Waals surface area contributed by atoms with Gasteiger partial charge in [0.05, 0.1) is 15.3 Å². The van der Waals surface area contributed by atoms with Gasteiger partial charge in [-0.2, -0.15) is 0 Å². The van der Waals surface area contributed by atoms with Crippen LogP contribution in [0, 0.1) is 0 Å². The van der Waals surface area contributed by atoms with Crippen molar-refractivity contribution < 1.29 is 9.59 Å². The van der Waals surface area contributed by atoms with E-state index < -0.39 is 0 Å². The maximum Gasteiger partial charge on any atom is 0.223 e. The lowest BCUT2D eigenvalue weighted by Gasteiger charge is -2.25. The fourth-order valence-electron chi connectivity index (χ4n) is 2.16. The Labute approximate surface area is 139 Å². The second-order valence-electron chi connectivity index (χ2n) is 5.12. The minimum atomic E-state index is -0.0361. The van der Waals surface area contributed by atoms with E-state index in [1.54, 1.807) is 24.1 Å². The Balaban J connectivity index is 1.90. The number of carbonyl (C=O) groups is 2. The number of carbonyl (C=O) groups excluding carboxylic acids is 2. The molecule has 0 fully saturated rings. The van der Waals surface area contributed by atoms with Crippen molar-refractivity contribution in [3.05, 3.63) is 57.2 Å². The van der Waals surface area contributed by atoms with Crippen molar-refractivity contribution in [3.8, 4) is 0 Å². The van der Waals surface area contributed by atoms with Crippen LogP contribution in [0.1, 0.15) is 41.0 Å². The van der Waals surface area contributed by atoms with Gasteiger partial charge in [0, 0.05) is 19.9 Å². The SMILES string of the molecule is CC(c1ccccc1)N(C)C(=O)CCC(=O)c1ccc(Cl)s1. The summed E-state index contributed by atoms with van der Waals surface area (Å²) in [5, 5.41) is 0. The van der Waals surface area contributed by atoms with E-state index in [-0.39, 0.29) is 30.6 Å². The highest BCUT2D eigenvalue weighted by Gasteiger charge is 2.18. The van der Waals surface area contributed by atoms with E-state index in [2.05, 4.69) is 0 Å². The number of amides is 1. The Morgan fingerprint density at radius 2 is 1.82 bits per heavy atom. The van der Waals surface area contributed by atoms with Crippen LogP contribution in [0.15, 0.2) is 42.5 Å². The zero-order valence-corrected chi connectivity index (χ0v) is 14.2. The average molecular weight is 336 g/mol. The third-order valence-corrected chi connectivity index (χ3v) is 4.94. The van der Waals surface area contributed by atoms with Gasteiger partial charge in [-0.15, -0.1) is 11.3 Å². The highest BCUT2D eigenvalue weighted by atomic mass is 35.5. The van der Waals surface area contributed by atoms with Crippen molar-refractivity contribution in [2.24, 2.45) is 0 Å². The summed E-state index contributed by atoms with van der Waals surface area (Å²) >= 11 is 7.07. The number of halogens is 1. The second-order valence-corrected chi connectivity index (χ2v) is 6.83. The molecule has 1 atom stereocenters. The van der Waals surface area contributed by atoms with Gasteiger partial charge in [-0.1, -0.05) is 41.9 Å². The van der Waals surface area contributed by atoms with Crippen LogP contribution in [-0.2, 0) is 4.79 Å². The van der Waals surface area contributed by atoms with Gasteiger partial charge in [-0.25, -0.2) is 0 Å². The van der Waals surface area contributed by atoms with E-state index in [0.29, 0.717) is 9.21 Å². The monoisotopic (exact) mass is 335 g/mol. The van der Waals surface area contributed by atoms with Crippen LogP contribution < -0.4 is 0 Å². The summed E-state index contributed by atoms with van der Waals surface area (Å²) in [5.41, 5.74) is 1.08. The predicted molar refractivity (Wildman–Crippen MR) is 90.5 cm³/mol. The first-order chi connectivity index (χ1) is 10.5. The lowest BCUT2D eigenvalue weighted by atomic mass is 10.1. The molecule has 2 aromatic rings. The third kappa shape index (κ3) is 4.18. The Bertz CT molecular complexity index is 654. The molecule has 1 aromatic carbocycles. The molecule has 5 heteroatoms. The van der Waals surface area contributed by atoms with Crippen LogP contribution >= 0.6 is 22.9 Å². The minimum absolute atomic E-state index is 0.0139. The molecular weight excluding hydrogens is 318 g/mol. The second kappa shape index (κ2) is 7.56. The molecule has 0 saturated heterocycles. The number of rotatable bonds is 6. The van der Waals surface area contributed by atoms with Crippen molar-refractivity contribution in [1.82, 2.24) is 4.90 Å². The topological polar surface area (TPSA) is 37.4 Å². The smallest absolute Gasteiger partial charge is 0.223 e. The standard InChI is InChI=1S/C17H18ClNO2S/c1-12(13-6-4-3-5-7-13)19(2)17(21)11-8-14(20)15-9-10-16(18)22-15/h3-7,9-10,12H,8,11H2,1-2H3. The van der Waals surface area contributed by atoms with E-state index in [4.69, 9.17) is 11.6 Å². The van der Waals surface area contributed by atoms with Crippen molar-refractivity contribution in [2.75, 3.05) is 7.05 Å². The molecule has 0 aliphatic rings. The molecule has 1 heterocycles. The maximum atomic E-state index is 12.2. The molecule has 1 aromatic heterocycles. The molecule has 1 amide bonds. The summed E-state index contributed by atoms with van der Waals surface area (Å²) in [4.78, 5) is 26.5. The number of nitrogens with zero attached hydrogens (tertiary/aromatic N) is 1. The number of hydrogen-bond acceptors (Lipinski definition) is 3. The molecular formula is C17H18ClNO2S. The summed E-state index contributed by atoms with van der Waals surface area (Å²) in [6.45, 7) is 1.98. The Hall–Kier alpha value is -1.65. The van der Waals surface area contributed by atoms with Gasteiger partial charge in [-0.05, 0) is 24.6 Å². The largest absolute Gasteiger partial charge is 0.339 e. The average Bonchev–Trinajstić information content (AvgIpc) is 2.98. The van der Waals surface area contributed by atoms with Gasteiger partial charge < -0.3 is 4.90 Å². The summed E-state index contributed by atoms with van der Waals surface area (Å²) in [5.74, 6) is -0.0710. The molecule has 116 valence electrons. The normalized spacial score (nSPS) is 12.0. The van der Waals surface area contributed by atoms with Crippen molar-refractivity contribution in [3.63, 3.8) is 0 Å². The van der Waals surface area contributed by atoms with Crippen LogP contribution in [0.25, 0.3) is 0 Å². The van der Waals surface area contributed by atoms with Crippen LogP contribution in [0.2, 0.25) is 4.34 Å². The molecule has 22 heavy (non-hydrogen) atoms. The van der Waals surface area contributed by atoms with Crippen molar-refractivity contribution in [2.45, 2.75) is 25.8 Å². The number of Topliss-reactive ketones (excluding diaryl/α,β-unsaturated/α-hetero) is 1. The number of thiophene rings is 1. The first-order valence-electron chi connectivity index (χ1n) is 7.08. The molecule has 3 nitrogen and oxygen atoms in total. The number of ketones is 1. The highest BCUT2D eigenvalue weighted by Crippen LogP contribution is 2.24. The zero-order valence-electron chi connectivity index (χ0n) is 12.6. The first-order valence-corrected chi connectivity index (χ1v) is 8.27. The summed E-state index contributed by atoms with van der Waals surface area (Å²) in [7, 11) is 1.77. The van der Waals surface area contributed by atoms with Crippen LogP contribution in [0.4, 0.5) is 0 Å². The Morgan fingerprint density at radius 1 is 1.14 bits per heavy atom. The number of hydrogen-bond donors (Lipinski definition) is 0. The summed E-state index contributed by atoms with van der Waals surface area (Å²) in [6.07, 6.45) is 0.420. The molecule has 2 rings (SSSR count). The van der Waals surface area contributed by atoms with Gasteiger partial charge in [0.2, 0.25) is 5.91 Å². The highest BCUT2D eigenvalue weighted by molar-refractivity contribution is 7.18. The molecule has 0 N–H and O–H groups in total. The molecule has 0 aliphatic heterocycles. The van der Waals surface area contributed by atoms with Gasteiger partial charge in [-0.3, -0.25) is 9.59 Å². The minimum Gasteiger partial charge on any atom is -0.339 e. The first kappa shape index (κ1) is 16.7. The van der Waals surface area contributed by atoms with Gasteiger partial charge in [0.1, 0.15) is 0 Å². The van der Waals surface area contributed by atoms with E-state index in [9.17, 15) is 9.59 Å². The van der Waals surface area contributed by atoms with E-state index in [1.165, 1.54) is 11.3 Å². The Kier molecular flexibility index (Phi) is 5.75. The van der Waals surface area contributed by atoms with Crippen LogP contribution in [0.5, 0.6) is 0 Å². The molecule has 0 aliphatic carbocycles. The molecule has 0 bridgehead atoms. The van der Waals surface area contributed by atoms with Gasteiger partial charge in [0.15, 0.2) is 5.78 Å². The Morgan fingerprint density at radius 3 is 2.41 bits per heavy atom.